The van der Waals surface area contributed by atoms with Crippen molar-refractivity contribution >= 4 is 5.91 Å². The first-order chi connectivity index (χ1) is 11.6. The van der Waals surface area contributed by atoms with Crippen molar-refractivity contribution in [1.29, 1.82) is 0 Å². The summed E-state index contributed by atoms with van der Waals surface area (Å²) >= 11 is 0. The fraction of sp³-hybridized carbons (Fsp3) is 0.944. The summed E-state index contributed by atoms with van der Waals surface area (Å²) in [4.78, 5) is 18.7. The molecule has 3 saturated heterocycles. The fourth-order valence-corrected chi connectivity index (χ4v) is 4.15. The zero-order valence-corrected chi connectivity index (χ0v) is 15.3. The summed E-state index contributed by atoms with van der Waals surface area (Å²) in [6.07, 6.45) is 3.56. The molecule has 0 unspecified atom stereocenters. The van der Waals surface area contributed by atoms with Gasteiger partial charge in [0.05, 0.1) is 26.4 Å². The van der Waals surface area contributed by atoms with Crippen LogP contribution in [0.3, 0.4) is 0 Å². The van der Waals surface area contributed by atoms with Crippen molar-refractivity contribution in [2.24, 2.45) is 11.3 Å². The molecule has 0 N–H and O–H groups in total. The largest absolute Gasteiger partial charge is 0.381 e. The van der Waals surface area contributed by atoms with Crippen molar-refractivity contribution in [3.8, 4) is 0 Å². The normalized spacial score (nSPS) is 28.8. The van der Waals surface area contributed by atoms with Crippen LogP contribution in [0, 0.1) is 11.3 Å². The van der Waals surface area contributed by atoms with Gasteiger partial charge in [0, 0.05) is 45.8 Å². The molecule has 3 aliphatic heterocycles. The van der Waals surface area contributed by atoms with E-state index in [-0.39, 0.29) is 11.3 Å². The van der Waals surface area contributed by atoms with Crippen molar-refractivity contribution in [2.75, 3.05) is 79.8 Å². The van der Waals surface area contributed by atoms with Crippen LogP contribution in [-0.4, -0.2) is 100 Å². The van der Waals surface area contributed by atoms with Crippen LogP contribution >= 0.6 is 0 Å². The number of hydrogen-bond donors (Lipinski definition) is 0. The van der Waals surface area contributed by atoms with E-state index in [1.165, 1.54) is 25.8 Å². The lowest BCUT2D eigenvalue weighted by Gasteiger charge is -2.43. The van der Waals surface area contributed by atoms with E-state index in [9.17, 15) is 4.79 Å². The average molecular weight is 339 g/mol. The molecule has 0 bridgehead atoms. The van der Waals surface area contributed by atoms with Gasteiger partial charge < -0.3 is 19.3 Å². The van der Waals surface area contributed by atoms with Crippen LogP contribution in [0.5, 0.6) is 0 Å². The zero-order chi connectivity index (χ0) is 17.0. The van der Waals surface area contributed by atoms with Gasteiger partial charge in [-0.25, -0.2) is 0 Å². The quantitative estimate of drug-likeness (QED) is 0.747. The summed E-state index contributed by atoms with van der Waals surface area (Å²) in [5.74, 6) is 0.907. The molecule has 0 aromatic carbocycles. The zero-order valence-electron chi connectivity index (χ0n) is 15.3. The molecule has 6 nitrogen and oxygen atoms in total. The van der Waals surface area contributed by atoms with Gasteiger partial charge in [-0.15, -0.1) is 0 Å². The number of amides is 1. The van der Waals surface area contributed by atoms with Crippen molar-refractivity contribution in [3.63, 3.8) is 0 Å². The summed E-state index contributed by atoms with van der Waals surface area (Å²) in [7, 11) is 3.66. The van der Waals surface area contributed by atoms with Crippen LogP contribution in [0.15, 0.2) is 0 Å². The maximum atomic E-state index is 12.1. The summed E-state index contributed by atoms with van der Waals surface area (Å²) in [6.45, 7) is 9.31. The molecule has 138 valence electrons. The first-order valence-corrected chi connectivity index (χ1v) is 9.37. The van der Waals surface area contributed by atoms with Crippen molar-refractivity contribution in [1.82, 2.24) is 14.7 Å². The highest BCUT2D eigenvalue weighted by Crippen LogP contribution is 2.34. The third-order valence-corrected chi connectivity index (χ3v) is 5.83. The minimum absolute atomic E-state index is 0.186. The van der Waals surface area contributed by atoms with E-state index in [1.807, 2.05) is 14.1 Å². The first kappa shape index (κ1) is 18.1. The number of likely N-dealkylation sites (N-methyl/N-ethyl adjacent to an activating group) is 1. The number of piperidine rings is 1. The number of hydrogen-bond acceptors (Lipinski definition) is 5. The lowest BCUT2D eigenvalue weighted by atomic mass is 9.78. The van der Waals surface area contributed by atoms with E-state index < -0.39 is 0 Å². The molecule has 3 fully saturated rings. The lowest BCUT2D eigenvalue weighted by Crippen LogP contribution is -2.49. The van der Waals surface area contributed by atoms with E-state index in [4.69, 9.17) is 9.47 Å². The van der Waals surface area contributed by atoms with Gasteiger partial charge in [-0.05, 0) is 38.3 Å². The molecule has 0 radical (unpaired) electrons. The molecule has 1 amide bonds. The fourth-order valence-electron chi connectivity index (χ4n) is 4.15. The Morgan fingerprint density at radius 1 is 1.12 bits per heavy atom. The van der Waals surface area contributed by atoms with E-state index in [2.05, 4.69) is 9.80 Å². The molecule has 0 aliphatic carbocycles. The third kappa shape index (κ3) is 4.69. The lowest BCUT2D eigenvalue weighted by molar-refractivity contribution is -0.130. The van der Waals surface area contributed by atoms with Gasteiger partial charge in [0.1, 0.15) is 0 Å². The summed E-state index contributed by atoms with van der Waals surface area (Å²) in [6, 6.07) is 0. The third-order valence-electron chi connectivity index (χ3n) is 5.83. The summed E-state index contributed by atoms with van der Waals surface area (Å²) < 4.78 is 11.4. The molecule has 3 rings (SSSR count). The number of carbonyl (C=O) groups excluding carboxylic acids is 1. The Morgan fingerprint density at radius 2 is 1.92 bits per heavy atom. The molecule has 1 atom stereocenters. The molecular formula is C18H33N3O3. The summed E-state index contributed by atoms with van der Waals surface area (Å²) in [5.41, 5.74) is 0.228. The van der Waals surface area contributed by atoms with Crippen LogP contribution in [0.2, 0.25) is 0 Å². The number of rotatable bonds is 4. The predicted octanol–water partition coefficient (Wildman–Crippen LogP) is 0.526. The van der Waals surface area contributed by atoms with E-state index >= 15 is 0 Å². The van der Waals surface area contributed by atoms with Crippen molar-refractivity contribution in [2.45, 2.75) is 19.3 Å². The Bertz CT molecular complexity index is 416. The van der Waals surface area contributed by atoms with Crippen LogP contribution in [0.25, 0.3) is 0 Å². The molecule has 1 spiro atoms. The number of ether oxygens (including phenoxy) is 2. The molecule has 0 aromatic heterocycles. The van der Waals surface area contributed by atoms with Crippen LogP contribution in [-0.2, 0) is 14.3 Å². The highest BCUT2D eigenvalue weighted by atomic mass is 16.5. The topological polar surface area (TPSA) is 45.2 Å². The van der Waals surface area contributed by atoms with E-state index in [1.54, 1.807) is 4.90 Å². The van der Waals surface area contributed by atoms with Gasteiger partial charge in [0.15, 0.2) is 0 Å². The molecule has 3 heterocycles. The minimum Gasteiger partial charge on any atom is -0.381 e. The number of likely N-dealkylation sites (tertiary alicyclic amines) is 1. The second-order valence-electron chi connectivity index (χ2n) is 8.08. The van der Waals surface area contributed by atoms with Crippen molar-refractivity contribution in [3.05, 3.63) is 0 Å². The summed E-state index contributed by atoms with van der Waals surface area (Å²) in [5, 5.41) is 0. The Balaban J connectivity index is 1.51. The Hall–Kier alpha value is -0.690. The van der Waals surface area contributed by atoms with Crippen molar-refractivity contribution < 1.29 is 14.3 Å². The van der Waals surface area contributed by atoms with E-state index in [0.29, 0.717) is 6.54 Å². The van der Waals surface area contributed by atoms with Crippen LogP contribution in [0.4, 0.5) is 0 Å². The second-order valence-corrected chi connectivity index (χ2v) is 8.08. The van der Waals surface area contributed by atoms with Gasteiger partial charge in [0.25, 0.3) is 0 Å². The predicted molar refractivity (Wildman–Crippen MR) is 93.0 cm³/mol. The van der Waals surface area contributed by atoms with Crippen LogP contribution in [0.1, 0.15) is 19.3 Å². The first-order valence-electron chi connectivity index (χ1n) is 9.37. The standard InChI is InChI=1S/C18H33N3O3/c1-19(2)17(22)12-21-8-10-24-15-18(14-21)4-6-20(7-5-18)11-16-3-9-23-13-16/h16H,3-15H2,1-2H3/t16-/m1/s1. The van der Waals surface area contributed by atoms with Gasteiger partial charge in [-0.2, -0.15) is 0 Å². The monoisotopic (exact) mass is 339 g/mol. The molecule has 3 aliphatic rings. The maximum absolute atomic E-state index is 12.1. The Kier molecular flexibility index (Phi) is 6.13. The molecule has 0 aromatic rings. The van der Waals surface area contributed by atoms with Gasteiger partial charge in [-0.1, -0.05) is 0 Å². The Labute approximate surface area is 146 Å². The molecule has 24 heavy (non-hydrogen) atoms. The SMILES string of the molecule is CN(C)C(=O)CN1CCOCC2(CCN(C[C@H]3CCOC3)CC2)C1. The molecule has 6 heteroatoms. The number of carbonyl (C=O) groups is 1. The average Bonchev–Trinajstić information content (AvgIpc) is 2.99. The molecule has 0 saturated carbocycles. The highest BCUT2D eigenvalue weighted by Gasteiger charge is 2.38. The smallest absolute Gasteiger partial charge is 0.236 e. The van der Waals surface area contributed by atoms with E-state index in [0.717, 1.165) is 58.5 Å². The number of nitrogens with zero attached hydrogens (tertiary/aromatic N) is 3. The van der Waals surface area contributed by atoms with Gasteiger partial charge in [-0.3, -0.25) is 9.69 Å². The second kappa shape index (κ2) is 8.13. The van der Waals surface area contributed by atoms with Gasteiger partial charge >= 0.3 is 0 Å². The Morgan fingerprint density at radius 3 is 2.58 bits per heavy atom. The molecular weight excluding hydrogens is 306 g/mol. The van der Waals surface area contributed by atoms with Crippen LogP contribution < -0.4 is 0 Å². The highest BCUT2D eigenvalue weighted by molar-refractivity contribution is 5.77. The maximum Gasteiger partial charge on any atom is 0.236 e. The minimum atomic E-state index is 0.186. The van der Waals surface area contributed by atoms with Gasteiger partial charge in [0.2, 0.25) is 5.91 Å².